The third-order valence-electron chi connectivity index (χ3n) is 4.01. The lowest BCUT2D eigenvalue weighted by Gasteiger charge is -2.33. The van der Waals surface area contributed by atoms with Gasteiger partial charge < -0.3 is 10.1 Å². The van der Waals surface area contributed by atoms with Crippen molar-refractivity contribution in [3.63, 3.8) is 0 Å². The van der Waals surface area contributed by atoms with Crippen LogP contribution in [-0.4, -0.2) is 23.7 Å². The average Bonchev–Trinajstić information content (AvgIpc) is 2.89. The number of ether oxygens (including phenoxy) is 1. The van der Waals surface area contributed by atoms with Crippen LogP contribution in [0, 0.1) is 17.2 Å². The second-order valence-corrected chi connectivity index (χ2v) is 5.09. The van der Waals surface area contributed by atoms with Gasteiger partial charge in [0.25, 0.3) is 0 Å². The topological polar surface area (TPSA) is 57.9 Å². The fraction of sp³-hybridized carbons (Fsp3) is 0.571. The van der Waals surface area contributed by atoms with E-state index in [2.05, 4.69) is 16.4 Å². The molecule has 18 heavy (non-hydrogen) atoms. The van der Waals surface area contributed by atoms with Gasteiger partial charge in [0.05, 0.1) is 11.7 Å². The molecule has 2 aliphatic rings. The van der Waals surface area contributed by atoms with Crippen LogP contribution in [0.2, 0.25) is 0 Å². The maximum atomic E-state index is 8.75. The lowest BCUT2D eigenvalue weighted by molar-refractivity contribution is 0.0619. The van der Waals surface area contributed by atoms with E-state index in [-0.39, 0.29) is 0 Å². The number of fused-ring (bicyclic) bond motifs is 1. The van der Waals surface area contributed by atoms with Crippen molar-refractivity contribution in [2.45, 2.75) is 37.8 Å². The Kier molecular flexibility index (Phi) is 3.16. The molecule has 0 bridgehead atoms. The van der Waals surface area contributed by atoms with Crippen LogP contribution < -0.4 is 5.32 Å². The Labute approximate surface area is 107 Å². The van der Waals surface area contributed by atoms with Gasteiger partial charge in [-0.25, -0.2) is 4.98 Å². The monoisotopic (exact) mass is 243 g/mol. The van der Waals surface area contributed by atoms with Gasteiger partial charge in [-0.15, -0.1) is 0 Å². The fourth-order valence-corrected chi connectivity index (χ4v) is 3.09. The number of hydrogen-bond donors (Lipinski definition) is 1. The molecule has 1 saturated heterocycles. The first-order chi connectivity index (χ1) is 8.86. The predicted octanol–water partition coefficient (Wildman–Crippen LogP) is 2.32. The Hall–Kier alpha value is -1.60. The highest BCUT2D eigenvalue weighted by molar-refractivity contribution is 5.40. The molecular formula is C14H17N3O. The van der Waals surface area contributed by atoms with Crippen molar-refractivity contribution in [1.29, 1.82) is 5.26 Å². The Balaban J connectivity index is 1.69. The molecule has 1 aliphatic heterocycles. The van der Waals surface area contributed by atoms with Gasteiger partial charge in [0, 0.05) is 24.8 Å². The molecule has 1 saturated carbocycles. The summed E-state index contributed by atoms with van der Waals surface area (Å²) in [6.07, 6.45) is 6.81. The zero-order valence-corrected chi connectivity index (χ0v) is 10.3. The zero-order chi connectivity index (χ0) is 12.4. The minimum atomic E-state index is 0.439. The van der Waals surface area contributed by atoms with Gasteiger partial charge >= 0.3 is 0 Å². The van der Waals surface area contributed by atoms with Crippen molar-refractivity contribution >= 4 is 5.82 Å². The molecule has 0 aromatic carbocycles. The largest absolute Gasteiger partial charge is 0.378 e. The molecule has 4 nitrogen and oxygen atoms in total. The van der Waals surface area contributed by atoms with Crippen LogP contribution in [0.3, 0.4) is 0 Å². The van der Waals surface area contributed by atoms with Crippen molar-refractivity contribution < 1.29 is 4.74 Å². The summed E-state index contributed by atoms with van der Waals surface area (Å²) in [5, 5.41) is 12.2. The number of anilines is 1. The normalized spacial score (nSPS) is 30.5. The molecule has 2 heterocycles. The highest BCUT2D eigenvalue weighted by Gasteiger charge is 2.37. The fourth-order valence-electron chi connectivity index (χ4n) is 3.09. The summed E-state index contributed by atoms with van der Waals surface area (Å²) < 4.78 is 5.76. The van der Waals surface area contributed by atoms with Crippen LogP contribution in [0.4, 0.5) is 5.82 Å². The van der Waals surface area contributed by atoms with Crippen LogP contribution in [-0.2, 0) is 4.74 Å². The number of nitrogens with one attached hydrogen (secondary N) is 1. The number of rotatable bonds is 2. The number of hydrogen-bond acceptors (Lipinski definition) is 4. The summed E-state index contributed by atoms with van der Waals surface area (Å²) in [5.74, 6) is 1.49. The summed E-state index contributed by atoms with van der Waals surface area (Å²) in [4.78, 5) is 4.28. The second kappa shape index (κ2) is 4.95. The number of pyridine rings is 1. The molecule has 1 N–H and O–H groups in total. The highest BCUT2D eigenvalue weighted by atomic mass is 16.5. The highest BCUT2D eigenvalue weighted by Crippen LogP contribution is 2.35. The molecule has 3 atom stereocenters. The van der Waals surface area contributed by atoms with E-state index in [0.717, 1.165) is 18.8 Å². The Morgan fingerprint density at radius 3 is 3.06 bits per heavy atom. The molecule has 3 unspecified atom stereocenters. The van der Waals surface area contributed by atoms with E-state index in [9.17, 15) is 0 Å². The molecule has 4 heteroatoms. The van der Waals surface area contributed by atoms with Crippen molar-refractivity contribution in [1.82, 2.24) is 4.98 Å². The molecule has 0 amide bonds. The van der Waals surface area contributed by atoms with Gasteiger partial charge in [0.15, 0.2) is 0 Å². The first kappa shape index (κ1) is 11.5. The van der Waals surface area contributed by atoms with Crippen molar-refractivity contribution in [3.8, 4) is 6.07 Å². The van der Waals surface area contributed by atoms with E-state index < -0.39 is 0 Å². The number of aromatic nitrogens is 1. The predicted molar refractivity (Wildman–Crippen MR) is 68.1 cm³/mol. The van der Waals surface area contributed by atoms with Crippen LogP contribution in [0.5, 0.6) is 0 Å². The third-order valence-corrected chi connectivity index (χ3v) is 4.01. The Morgan fingerprint density at radius 2 is 2.28 bits per heavy atom. The maximum absolute atomic E-state index is 8.75. The summed E-state index contributed by atoms with van der Waals surface area (Å²) in [6.45, 7) is 0.897. The summed E-state index contributed by atoms with van der Waals surface area (Å²) in [5.41, 5.74) is 0.603. The summed E-state index contributed by atoms with van der Waals surface area (Å²) in [7, 11) is 0. The van der Waals surface area contributed by atoms with Crippen LogP contribution >= 0.6 is 0 Å². The Morgan fingerprint density at radius 1 is 1.33 bits per heavy atom. The van der Waals surface area contributed by atoms with Gasteiger partial charge in [-0.2, -0.15) is 5.26 Å². The van der Waals surface area contributed by atoms with Crippen molar-refractivity contribution in [3.05, 3.63) is 23.9 Å². The van der Waals surface area contributed by atoms with E-state index in [1.54, 1.807) is 12.3 Å². The van der Waals surface area contributed by atoms with Gasteiger partial charge in [-0.3, -0.25) is 0 Å². The molecular weight excluding hydrogens is 226 g/mol. The smallest absolute Gasteiger partial charge is 0.126 e. The second-order valence-electron chi connectivity index (χ2n) is 5.09. The van der Waals surface area contributed by atoms with Gasteiger partial charge in [0.2, 0.25) is 0 Å². The lowest BCUT2D eigenvalue weighted by atomic mass is 9.82. The molecule has 0 radical (unpaired) electrons. The maximum Gasteiger partial charge on any atom is 0.126 e. The molecule has 94 valence electrons. The summed E-state index contributed by atoms with van der Waals surface area (Å²) >= 11 is 0. The van der Waals surface area contributed by atoms with E-state index >= 15 is 0 Å². The van der Waals surface area contributed by atoms with Crippen molar-refractivity contribution in [2.75, 3.05) is 11.9 Å². The van der Waals surface area contributed by atoms with E-state index in [1.165, 1.54) is 19.3 Å². The minimum absolute atomic E-state index is 0.439. The number of nitrogens with zero attached hydrogens (tertiary/aromatic N) is 2. The zero-order valence-electron chi connectivity index (χ0n) is 10.3. The SMILES string of the molecule is N#Cc1ccc(NC2CCCC3OCCC23)nc1. The average molecular weight is 243 g/mol. The van der Waals surface area contributed by atoms with Crippen molar-refractivity contribution in [2.24, 2.45) is 5.92 Å². The van der Waals surface area contributed by atoms with E-state index in [1.807, 2.05) is 6.07 Å². The molecule has 3 rings (SSSR count). The van der Waals surface area contributed by atoms with Gasteiger partial charge in [-0.05, 0) is 37.8 Å². The standard InChI is InChI=1S/C14H17N3O/c15-8-10-4-5-14(16-9-10)17-12-2-1-3-13-11(12)6-7-18-13/h4-5,9,11-13H,1-3,6-7H2,(H,16,17). The molecule has 1 aromatic heterocycles. The van der Waals surface area contributed by atoms with Crippen LogP contribution in [0.15, 0.2) is 18.3 Å². The van der Waals surface area contributed by atoms with E-state index in [4.69, 9.17) is 10.00 Å². The van der Waals surface area contributed by atoms with Gasteiger partial charge in [-0.1, -0.05) is 0 Å². The van der Waals surface area contributed by atoms with Gasteiger partial charge in [0.1, 0.15) is 11.9 Å². The molecule has 0 spiro atoms. The lowest BCUT2D eigenvalue weighted by Crippen LogP contribution is -2.38. The molecule has 2 fully saturated rings. The quantitative estimate of drug-likeness (QED) is 0.866. The molecule has 1 aliphatic carbocycles. The first-order valence-corrected chi connectivity index (χ1v) is 6.61. The minimum Gasteiger partial charge on any atom is -0.378 e. The first-order valence-electron chi connectivity index (χ1n) is 6.61. The van der Waals surface area contributed by atoms with Crippen LogP contribution in [0.1, 0.15) is 31.2 Å². The summed E-state index contributed by atoms with van der Waals surface area (Å²) in [6, 6.07) is 6.24. The Bertz CT molecular complexity index is 451. The van der Waals surface area contributed by atoms with E-state index in [0.29, 0.717) is 23.6 Å². The van der Waals surface area contributed by atoms with Crippen LogP contribution in [0.25, 0.3) is 0 Å². The third kappa shape index (κ3) is 2.19. The molecule has 1 aromatic rings. The number of nitriles is 1.